The third kappa shape index (κ3) is 2.65. The van der Waals surface area contributed by atoms with Crippen molar-refractivity contribution in [2.45, 2.75) is 12.8 Å². The molecule has 0 aliphatic rings. The number of hydrogen-bond donors (Lipinski definition) is 1. The number of aromatic nitrogens is 2. The lowest BCUT2D eigenvalue weighted by Gasteiger charge is -2.03. The van der Waals surface area contributed by atoms with Gasteiger partial charge in [-0.1, -0.05) is 6.07 Å². The largest absolute Gasteiger partial charge is 0.497 e. The van der Waals surface area contributed by atoms with Crippen molar-refractivity contribution < 1.29 is 14.6 Å². The second kappa shape index (κ2) is 5.89. The Bertz CT molecular complexity index is 806. The molecule has 5 heteroatoms. The smallest absolute Gasteiger partial charge is 0.303 e. The Labute approximate surface area is 127 Å². The fourth-order valence-corrected chi connectivity index (χ4v) is 2.45. The molecule has 2 aromatic heterocycles. The Hall–Kier alpha value is -2.82. The van der Waals surface area contributed by atoms with Crippen molar-refractivity contribution in [3.8, 4) is 17.1 Å². The highest BCUT2D eigenvalue weighted by molar-refractivity contribution is 5.69. The minimum absolute atomic E-state index is 0.0730. The molecule has 0 spiro atoms. The van der Waals surface area contributed by atoms with Crippen molar-refractivity contribution in [3.63, 3.8) is 0 Å². The number of pyridine rings is 1. The molecule has 1 aromatic carbocycles. The lowest BCUT2D eigenvalue weighted by molar-refractivity contribution is -0.136. The lowest BCUT2D eigenvalue weighted by atomic mass is 10.2. The number of aliphatic carboxylic acids is 1. The van der Waals surface area contributed by atoms with Crippen LogP contribution in [0.4, 0.5) is 0 Å². The molecule has 0 atom stereocenters. The number of fused-ring (bicyclic) bond motifs is 1. The topological polar surface area (TPSA) is 63.8 Å². The van der Waals surface area contributed by atoms with Crippen LogP contribution in [0.15, 0.2) is 48.7 Å². The van der Waals surface area contributed by atoms with E-state index in [1.807, 2.05) is 53.1 Å². The summed E-state index contributed by atoms with van der Waals surface area (Å²) in [6.45, 7) is 0. The molecule has 0 saturated heterocycles. The molecule has 2 heterocycles. The summed E-state index contributed by atoms with van der Waals surface area (Å²) in [4.78, 5) is 15.5. The second-order valence-electron chi connectivity index (χ2n) is 4.96. The van der Waals surface area contributed by atoms with Crippen molar-refractivity contribution in [1.82, 2.24) is 9.38 Å². The predicted molar refractivity (Wildman–Crippen MR) is 83.1 cm³/mol. The maximum absolute atomic E-state index is 10.8. The van der Waals surface area contributed by atoms with E-state index in [4.69, 9.17) is 9.84 Å². The molecule has 3 rings (SSSR count). The van der Waals surface area contributed by atoms with Crippen molar-refractivity contribution >= 4 is 11.5 Å². The molecule has 112 valence electrons. The van der Waals surface area contributed by atoms with E-state index in [9.17, 15) is 4.79 Å². The molecule has 22 heavy (non-hydrogen) atoms. The maximum Gasteiger partial charge on any atom is 0.303 e. The van der Waals surface area contributed by atoms with E-state index in [1.165, 1.54) is 0 Å². The third-order valence-electron chi connectivity index (χ3n) is 3.55. The summed E-state index contributed by atoms with van der Waals surface area (Å²) < 4.78 is 7.16. The first-order chi connectivity index (χ1) is 10.7. The highest BCUT2D eigenvalue weighted by Crippen LogP contribution is 2.25. The average molecular weight is 296 g/mol. The van der Waals surface area contributed by atoms with Crippen molar-refractivity contribution in [2.75, 3.05) is 7.11 Å². The van der Waals surface area contributed by atoms with E-state index in [1.54, 1.807) is 7.11 Å². The van der Waals surface area contributed by atoms with Crippen LogP contribution in [-0.2, 0) is 11.2 Å². The number of aryl methyl sites for hydroxylation is 1. The number of rotatable bonds is 5. The Balaban J connectivity index is 2.06. The van der Waals surface area contributed by atoms with Crippen LogP contribution in [0.3, 0.4) is 0 Å². The monoisotopic (exact) mass is 296 g/mol. The Kier molecular flexibility index (Phi) is 3.78. The fraction of sp³-hybridized carbons (Fsp3) is 0.176. The van der Waals surface area contributed by atoms with Crippen LogP contribution in [0, 0.1) is 0 Å². The summed E-state index contributed by atoms with van der Waals surface area (Å²) >= 11 is 0. The van der Waals surface area contributed by atoms with Crippen molar-refractivity contribution in [3.05, 3.63) is 54.4 Å². The normalized spacial score (nSPS) is 10.8. The number of benzene rings is 1. The van der Waals surface area contributed by atoms with Gasteiger partial charge < -0.3 is 9.84 Å². The molecule has 0 aliphatic carbocycles. The number of carbonyl (C=O) groups is 1. The van der Waals surface area contributed by atoms with Gasteiger partial charge in [-0.3, -0.25) is 9.20 Å². The van der Waals surface area contributed by atoms with Gasteiger partial charge >= 0.3 is 5.97 Å². The minimum Gasteiger partial charge on any atom is -0.497 e. The zero-order valence-corrected chi connectivity index (χ0v) is 12.2. The number of hydrogen-bond acceptors (Lipinski definition) is 3. The van der Waals surface area contributed by atoms with Crippen LogP contribution >= 0.6 is 0 Å². The molecule has 0 amide bonds. The molecule has 0 fully saturated rings. The number of methoxy groups -OCH3 is 1. The molecule has 0 aliphatic heterocycles. The van der Waals surface area contributed by atoms with Crippen LogP contribution < -0.4 is 4.74 Å². The standard InChI is InChI=1S/C17H16N2O3/c1-22-13-7-5-12(6-8-13)17-18-14(9-10-16(20)21)15-4-2-3-11-19(15)17/h2-8,11H,9-10H2,1H3,(H,20,21). The summed E-state index contributed by atoms with van der Waals surface area (Å²) in [6.07, 6.45) is 2.43. The van der Waals surface area contributed by atoms with Crippen LogP contribution in [0.1, 0.15) is 12.1 Å². The lowest BCUT2D eigenvalue weighted by Crippen LogP contribution is -1.98. The molecule has 5 nitrogen and oxygen atoms in total. The Morgan fingerprint density at radius 1 is 1.23 bits per heavy atom. The molecule has 0 bridgehead atoms. The van der Waals surface area contributed by atoms with Gasteiger partial charge in [0, 0.05) is 18.2 Å². The van der Waals surface area contributed by atoms with Crippen molar-refractivity contribution in [2.24, 2.45) is 0 Å². The van der Waals surface area contributed by atoms with Gasteiger partial charge in [-0.15, -0.1) is 0 Å². The van der Waals surface area contributed by atoms with E-state index in [0.29, 0.717) is 6.42 Å². The van der Waals surface area contributed by atoms with Gasteiger partial charge in [-0.25, -0.2) is 4.98 Å². The molecular weight excluding hydrogens is 280 g/mol. The number of imidazole rings is 1. The molecule has 3 aromatic rings. The van der Waals surface area contributed by atoms with E-state index in [2.05, 4.69) is 4.98 Å². The minimum atomic E-state index is -0.817. The van der Waals surface area contributed by atoms with Gasteiger partial charge in [0.15, 0.2) is 0 Å². The molecule has 1 N–H and O–H groups in total. The first-order valence-electron chi connectivity index (χ1n) is 7.01. The third-order valence-corrected chi connectivity index (χ3v) is 3.55. The van der Waals surface area contributed by atoms with Crippen LogP contribution in [0.2, 0.25) is 0 Å². The fourth-order valence-electron chi connectivity index (χ4n) is 2.45. The quantitative estimate of drug-likeness (QED) is 0.786. The summed E-state index contributed by atoms with van der Waals surface area (Å²) in [5.41, 5.74) is 2.70. The number of carboxylic acids is 1. The number of ether oxygens (including phenoxy) is 1. The molecular formula is C17H16N2O3. The zero-order valence-electron chi connectivity index (χ0n) is 12.2. The highest BCUT2D eigenvalue weighted by Gasteiger charge is 2.13. The summed E-state index contributed by atoms with van der Waals surface area (Å²) in [6, 6.07) is 13.5. The van der Waals surface area contributed by atoms with Gasteiger partial charge in [0.05, 0.1) is 24.7 Å². The Morgan fingerprint density at radius 2 is 2.00 bits per heavy atom. The van der Waals surface area contributed by atoms with Crippen LogP contribution in [0.5, 0.6) is 5.75 Å². The molecule has 0 unspecified atom stereocenters. The SMILES string of the molecule is COc1ccc(-c2nc(CCC(=O)O)c3ccccn23)cc1. The zero-order chi connectivity index (χ0) is 15.5. The van der Waals surface area contributed by atoms with E-state index in [0.717, 1.165) is 28.3 Å². The average Bonchev–Trinajstić information content (AvgIpc) is 2.92. The van der Waals surface area contributed by atoms with Gasteiger partial charge in [0.1, 0.15) is 11.6 Å². The van der Waals surface area contributed by atoms with E-state index >= 15 is 0 Å². The van der Waals surface area contributed by atoms with Gasteiger partial charge in [-0.05, 0) is 36.4 Å². The van der Waals surface area contributed by atoms with Crippen LogP contribution in [-0.4, -0.2) is 27.6 Å². The summed E-state index contributed by atoms with van der Waals surface area (Å²) in [5, 5.41) is 8.88. The Morgan fingerprint density at radius 3 is 2.68 bits per heavy atom. The molecule has 0 saturated carbocycles. The van der Waals surface area contributed by atoms with Crippen molar-refractivity contribution in [1.29, 1.82) is 0 Å². The second-order valence-corrected chi connectivity index (χ2v) is 4.96. The summed E-state index contributed by atoms with van der Waals surface area (Å²) in [5.74, 6) is 0.775. The van der Waals surface area contributed by atoms with Gasteiger partial charge in [-0.2, -0.15) is 0 Å². The number of carboxylic acid groups (broad SMARTS) is 1. The first-order valence-corrected chi connectivity index (χ1v) is 7.01. The van der Waals surface area contributed by atoms with Gasteiger partial charge in [0.25, 0.3) is 0 Å². The van der Waals surface area contributed by atoms with Gasteiger partial charge in [0.2, 0.25) is 0 Å². The van der Waals surface area contributed by atoms with E-state index < -0.39 is 5.97 Å². The molecule has 0 radical (unpaired) electrons. The predicted octanol–water partition coefficient (Wildman–Crippen LogP) is 3.03. The maximum atomic E-state index is 10.8. The van der Waals surface area contributed by atoms with E-state index in [-0.39, 0.29) is 6.42 Å². The number of nitrogens with zero attached hydrogens (tertiary/aromatic N) is 2. The highest BCUT2D eigenvalue weighted by atomic mass is 16.5. The first kappa shape index (κ1) is 14.1. The summed E-state index contributed by atoms with van der Waals surface area (Å²) in [7, 11) is 1.63. The van der Waals surface area contributed by atoms with Crippen LogP contribution in [0.25, 0.3) is 16.9 Å².